The van der Waals surface area contributed by atoms with Gasteiger partial charge in [-0.1, -0.05) is 11.3 Å². The second-order valence-electron chi connectivity index (χ2n) is 3.48. The number of H-pyrrole nitrogens is 1. The van der Waals surface area contributed by atoms with Crippen molar-refractivity contribution in [2.45, 2.75) is 12.8 Å². The van der Waals surface area contributed by atoms with Gasteiger partial charge in [0.1, 0.15) is 17.0 Å². The predicted octanol–water partition coefficient (Wildman–Crippen LogP) is 1.09. The van der Waals surface area contributed by atoms with Gasteiger partial charge in [0.2, 0.25) is 0 Å². The Balaban J connectivity index is 1.73. The van der Waals surface area contributed by atoms with Gasteiger partial charge >= 0.3 is 5.97 Å². The number of carbonyl (C=O) groups is 1. The molecule has 18 heavy (non-hydrogen) atoms. The van der Waals surface area contributed by atoms with E-state index in [4.69, 9.17) is 0 Å². The molecule has 0 radical (unpaired) electrons. The van der Waals surface area contributed by atoms with E-state index in [-0.39, 0.29) is 5.97 Å². The number of hydrogen-bond donors (Lipinski definition) is 2. The van der Waals surface area contributed by atoms with Crippen LogP contribution in [-0.2, 0) is 11.2 Å². The molecule has 8 heteroatoms. The molecular formula is C10H13N5O2S. The molecular weight excluding hydrogens is 254 g/mol. The lowest BCUT2D eigenvalue weighted by Crippen LogP contribution is -2.03. The first-order valence-electron chi connectivity index (χ1n) is 5.42. The van der Waals surface area contributed by atoms with Crippen LogP contribution in [0.2, 0.25) is 0 Å². The molecule has 0 aliphatic heterocycles. The molecule has 0 aliphatic carbocycles. The molecule has 0 fully saturated rings. The molecule has 0 saturated heterocycles. The van der Waals surface area contributed by atoms with E-state index in [1.165, 1.54) is 31.0 Å². The van der Waals surface area contributed by atoms with E-state index in [1.807, 2.05) is 0 Å². The maximum absolute atomic E-state index is 11.2. The summed E-state index contributed by atoms with van der Waals surface area (Å²) in [4.78, 5) is 19.8. The van der Waals surface area contributed by atoms with Gasteiger partial charge in [-0.2, -0.15) is 5.10 Å². The number of rotatable bonds is 6. The number of aryl methyl sites for hydroxylation is 1. The Morgan fingerprint density at radius 1 is 1.56 bits per heavy atom. The average molecular weight is 267 g/mol. The minimum Gasteiger partial charge on any atom is -0.465 e. The molecule has 0 saturated carbocycles. The lowest BCUT2D eigenvalue weighted by atomic mass is 10.3. The molecule has 0 aromatic carbocycles. The van der Waals surface area contributed by atoms with Crippen molar-refractivity contribution in [1.29, 1.82) is 0 Å². The van der Waals surface area contributed by atoms with Gasteiger partial charge in [0.25, 0.3) is 0 Å². The second-order valence-corrected chi connectivity index (χ2v) is 4.51. The van der Waals surface area contributed by atoms with Crippen LogP contribution in [-0.4, -0.2) is 39.8 Å². The summed E-state index contributed by atoms with van der Waals surface area (Å²) in [5, 5.41) is 10.4. The minimum absolute atomic E-state index is 0.359. The zero-order valence-electron chi connectivity index (χ0n) is 9.84. The van der Waals surface area contributed by atoms with E-state index >= 15 is 0 Å². The summed E-state index contributed by atoms with van der Waals surface area (Å²) in [5.74, 6) is 0.508. The summed E-state index contributed by atoms with van der Waals surface area (Å²) in [5.41, 5.74) is 0. The van der Waals surface area contributed by atoms with Gasteiger partial charge in [0.05, 0.1) is 13.3 Å². The van der Waals surface area contributed by atoms with Crippen molar-refractivity contribution >= 4 is 22.4 Å². The first-order valence-corrected chi connectivity index (χ1v) is 6.23. The third-order valence-corrected chi connectivity index (χ3v) is 3.16. The Morgan fingerprint density at radius 2 is 2.44 bits per heavy atom. The number of aromatic nitrogens is 4. The Labute approximate surface area is 108 Å². The molecule has 0 bridgehead atoms. The Bertz CT molecular complexity index is 496. The SMILES string of the molecule is COC(=O)c1cnc(NCCCc2ncn[nH]2)s1. The van der Waals surface area contributed by atoms with Gasteiger partial charge < -0.3 is 10.1 Å². The van der Waals surface area contributed by atoms with Gasteiger partial charge in [-0.15, -0.1) is 0 Å². The van der Waals surface area contributed by atoms with Crippen molar-refractivity contribution in [3.8, 4) is 0 Å². The monoisotopic (exact) mass is 267 g/mol. The number of hydrogen-bond acceptors (Lipinski definition) is 7. The summed E-state index contributed by atoms with van der Waals surface area (Å²) in [7, 11) is 1.35. The number of ether oxygens (including phenoxy) is 1. The molecule has 2 heterocycles. The Hall–Kier alpha value is -1.96. The number of nitrogens with zero attached hydrogens (tertiary/aromatic N) is 3. The topological polar surface area (TPSA) is 92.8 Å². The largest absolute Gasteiger partial charge is 0.465 e. The quantitative estimate of drug-likeness (QED) is 0.601. The van der Waals surface area contributed by atoms with Crippen LogP contribution in [0.1, 0.15) is 21.9 Å². The highest BCUT2D eigenvalue weighted by Gasteiger charge is 2.09. The number of nitrogens with one attached hydrogen (secondary N) is 2. The standard InChI is InChI=1S/C10H13N5O2S/c1-17-9(16)7-5-12-10(18-7)11-4-2-3-8-13-6-14-15-8/h5-6H,2-4H2,1H3,(H,11,12)(H,13,14,15). The van der Waals surface area contributed by atoms with Gasteiger partial charge in [-0.3, -0.25) is 5.10 Å². The number of methoxy groups -OCH3 is 1. The van der Waals surface area contributed by atoms with Gasteiger partial charge in [0, 0.05) is 13.0 Å². The fourth-order valence-corrected chi connectivity index (χ4v) is 2.11. The summed E-state index contributed by atoms with van der Waals surface area (Å²) in [6, 6.07) is 0. The van der Waals surface area contributed by atoms with Crippen LogP contribution in [0.5, 0.6) is 0 Å². The molecule has 2 aromatic rings. The lowest BCUT2D eigenvalue weighted by molar-refractivity contribution is 0.0606. The fraction of sp³-hybridized carbons (Fsp3) is 0.400. The van der Waals surface area contributed by atoms with Crippen LogP contribution in [0.4, 0.5) is 5.13 Å². The predicted molar refractivity (Wildman–Crippen MR) is 66.6 cm³/mol. The minimum atomic E-state index is -0.359. The van der Waals surface area contributed by atoms with Crippen LogP contribution in [0, 0.1) is 0 Å². The maximum Gasteiger partial charge on any atom is 0.349 e. The second kappa shape index (κ2) is 6.10. The summed E-state index contributed by atoms with van der Waals surface area (Å²) in [6.07, 6.45) is 4.73. The fourth-order valence-electron chi connectivity index (χ4n) is 1.35. The van der Waals surface area contributed by atoms with E-state index in [1.54, 1.807) is 0 Å². The smallest absolute Gasteiger partial charge is 0.349 e. The van der Waals surface area contributed by atoms with Crippen molar-refractivity contribution < 1.29 is 9.53 Å². The normalized spacial score (nSPS) is 10.3. The van der Waals surface area contributed by atoms with E-state index in [0.717, 1.165) is 25.2 Å². The van der Waals surface area contributed by atoms with E-state index in [2.05, 4.69) is 30.2 Å². The molecule has 0 amide bonds. The van der Waals surface area contributed by atoms with E-state index in [0.29, 0.717) is 10.0 Å². The van der Waals surface area contributed by atoms with Crippen molar-refractivity contribution in [3.05, 3.63) is 23.2 Å². The van der Waals surface area contributed by atoms with E-state index in [9.17, 15) is 4.79 Å². The highest BCUT2D eigenvalue weighted by Crippen LogP contribution is 2.18. The van der Waals surface area contributed by atoms with Gasteiger partial charge in [-0.05, 0) is 6.42 Å². The number of carbonyl (C=O) groups excluding carboxylic acids is 1. The molecule has 2 rings (SSSR count). The Kier molecular flexibility index (Phi) is 4.24. The molecule has 0 aliphatic rings. The molecule has 96 valence electrons. The summed E-state index contributed by atoms with van der Waals surface area (Å²) in [6.45, 7) is 0.759. The summed E-state index contributed by atoms with van der Waals surface area (Å²) < 4.78 is 4.61. The number of anilines is 1. The third-order valence-electron chi connectivity index (χ3n) is 2.22. The average Bonchev–Trinajstić information content (AvgIpc) is 3.05. The van der Waals surface area contributed by atoms with Gasteiger partial charge in [0.15, 0.2) is 5.13 Å². The third kappa shape index (κ3) is 3.27. The van der Waals surface area contributed by atoms with Crippen LogP contribution in [0.15, 0.2) is 12.5 Å². The van der Waals surface area contributed by atoms with Crippen molar-refractivity contribution in [3.63, 3.8) is 0 Å². The lowest BCUT2D eigenvalue weighted by Gasteiger charge is -2.00. The molecule has 0 spiro atoms. The van der Waals surface area contributed by atoms with Crippen LogP contribution in [0.3, 0.4) is 0 Å². The van der Waals surface area contributed by atoms with Crippen molar-refractivity contribution in [1.82, 2.24) is 20.2 Å². The molecule has 2 N–H and O–H groups in total. The van der Waals surface area contributed by atoms with Crippen LogP contribution >= 0.6 is 11.3 Å². The Morgan fingerprint density at radius 3 is 3.17 bits per heavy atom. The highest BCUT2D eigenvalue weighted by molar-refractivity contribution is 7.17. The highest BCUT2D eigenvalue weighted by atomic mass is 32.1. The number of aromatic amines is 1. The van der Waals surface area contributed by atoms with Crippen LogP contribution in [0.25, 0.3) is 0 Å². The van der Waals surface area contributed by atoms with Crippen LogP contribution < -0.4 is 5.32 Å². The van der Waals surface area contributed by atoms with E-state index < -0.39 is 0 Å². The molecule has 2 aromatic heterocycles. The number of esters is 1. The molecule has 0 atom stereocenters. The molecule has 0 unspecified atom stereocenters. The summed E-state index contributed by atoms with van der Waals surface area (Å²) >= 11 is 1.28. The maximum atomic E-state index is 11.2. The number of thiazole rings is 1. The van der Waals surface area contributed by atoms with Crippen molar-refractivity contribution in [2.24, 2.45) is 0 Å². The molecule has 7 nitrogen and oxygen atoms in total. The first-order chi connectivity index (χ1) is 8.79. The zero-order valence-corrected chi connectivity index (χ0v) is 10.7. The van der Waals surface area contributed by atoms with Crippen molar-refractivity contribution in [2.75, 3.05) is 19.0 Å². The van der Waals surface area contributed by atoms with Gasteiger partial charge in [-0.25, -0.2) is 14.8 Å². The zero-order chi connectivity index (χ0) is 12.8. The first kappa shape index (κ1) is 12.5.